The van der Waals surface area contributed by atoms with E-state index in [4.69, 9.17) is 9.47 Å². The van der Waals surface area contributed by atoms with Crippen molar-refractivity contribution < 1.29 is 14.3 Å². The standard InChI is InChI=1S/C19H21NO3/c1-3-22-17-10-15-9-13(2)23-18(15)11-16(17)12-20-19(21)14-7-5-4-6-8-14/h4-8,10-11,13H,3,9,12H2,1-2H3,(H,20,21)/t13-/m0/s1. The molecule has 1 heterocycles. The average Bonchev–Trinajstić information content (AvgIpc) is 2.92. The number of carbonyl (C=O) groups is 1. The molecule has 4 nitrogen and oxygen atoms in total. The van der Waals surface area contributed by atoms with Crippen LogP contribution in [-0.4, -0.2) is 18.6 Å². The zero-order valence-corrected chi connectivity index (χ0v) is 13.5. The molecule has 0 bridgehead atoms. The maximum atomic E-state index is 12.2. The van der Waals surface area contributed by atoms with Crippen LogP contribution in [0.3, 0.4) is 0 Å². The van der Waals surface area contributed by atoms with Gasteiger partial charge in [-0.25, -0.2) is 0 Å². The summed E-state index contributed by atoms with van der Waals surface area (Å²) < 4.78 is 11.5. The van der Waals surface area contributed by atoms with Crippen LogP contribution in [0.2, 0.25) is 0 Å². The van der Waals surface area contributed by atoms with E-state index in [1.807, 2.05) is 37.3 Å². The minimum atomic E-state index is -0.0946. The molecule has 0 unspecified atom stereocenters. The molecule has 0 fully saturated rings. The summed E-state index contributed by atoms with van der Waals surface area (Å²) in [4.78, 5) is 12.2. The van der Waals surface area contributed by atoms with Crippen molar-refractivity contribution in [3.8, 4) is 11.5 Å². The summed E-state index contributed by atoms with van der Waals surface area (Å²) in [5.74, 6) is 1.62. The molecule has 1 amide bonds. The van der Waals surface area contributed by atoms with E-state index >= 15 is 0 Å². The van der Waals surface area contributed by atoms with Crippen molar-refractivity contribution in [2.75, 3.05) is 6.61 Å². The van der Waals surface area contributed by atoms with Crippen molar-refractivity contribution >= 4 is 5.91 Å². The van der Waals surface area contributed by atoms with Crippen LogP contribution in [0.15, 0.2) is 42.5 Å². The van der Waals surface area contributed by atoms with Crippen molar-refractivity contribution in [3.05, 3.63) is 59.2 Å². The maximum Gasteiger partial charge on any atom is 0.251 e. The molecular formula is C19H21NO3. The molecule has 2 aromatic rings. The van der Waals surface area contributed by atoms with E-state index < -0.39 is 0 Å². The van der Waals surface area contributed by atoms with E-state index in [1.54, 1.807) is 12.1 Å². The van der Waals surface area contributed by atoms with E-state index in [1.165, 1.54) is 5.56 Å². The second kappa shape index (κ2) is 6.73. The first-order valence-electron chi connectivity index (χ1n) is 7.96. The molecule has 4 heteroatoms. The van der Waals surface area contributed by atoms with Gasteiger partial charge in [-0.1, -0.05) is 18.2 Å². The first-order valence-corrected chi connectivity index (χ1v) is 7.96. The topological polar surface area (TPSA) is 47.6 Å². The molecule has 23 heavy (non-hydrogen) atoms. The average molecular weight is 311 g/mol. The summed E-state index contributed by atoms with van der Waals surface area (Å²) in [6.07, 6.45) is 1.08. The van der Waals surface area contributed by atoms with Gasteiger partial charge in [-0.3, -0.25) is 4.79 Å². The van der Waals surface area contributed by atoms with Crippen molar-refractivity contribution in [1.29, 1.82) is 0 Å². The third kappa shape index (κ3) is 3.47. The quantitative estimate of drug-likeness (QED) is 0.921. The van der Waals surface area contributed by atoms with Gasteiger partial charge in [-0.15, -0.1) is 0 Å². The van der Waals surface area contributed by atoms with E-state index in [9.17, 15) is 4.79 Å². The zero-order valence-electron chi connectivity index (χ0n) is 13.5. The number of nitrogens with one attached hydrogen (secondary N) is 1. The van der Waals surface area contributed by atoms with Gasteiger partial charge < -0.3 is 14.8 Å². The summed E-state index contributed by atoms with van der Waals surface area (Å²) >= 11 is 0. The summed E-state index contributed by atoms with van der Waals surface area (Å²) in [7, 11) is 0. The Morgan fingerprint density at radius 1 is 1.30 bits per heavy atom. The molecule has 0 aliphatic carbocycles. The first kappa shape index (κ1) is 15.4. The highest BCUT2D eigenvalue weighted by Crippen LogP contribution is 2.35. The number of hydrogen-bond acceptors (Lipinski definition) is 3. The fourth-order valence-corrected chi connectivity index (χ4v) is 2.78. The fourth-order valence-electron chi connectivity index (χ4n) is 2.78. The minimum absolute atomic E-state index is 0.0946. The van der Waals surface area contributed by atoms with Gasteiger partial charge in [0.1, 0.15) is 17.6 Å². The Kier molecular flexibility index (Phi) is 4.51. The number of rotatable bonds is 5. The number of ether oxygens (including phenoxy) is 2. The van der Waals surface area contributed by atoms with Gasteiger partial charge in [0.25, 0.3) is 5.91 Å². The number of carbonyl (C=O) groups excluding carboxylic acids is 1. The summed E-state index contributed by atoms with van der Waals surface area (Å²) in [6, 6.07) is 13.2. The van der Waals surface area contributed by atoms with Crippen molar-refractivity contribution in [3.63, 3.8) is 0 Å². The van der Waals surface area contributed by atoms with E-state index in [0.717, 1.165) is 23.5 Å². The van der Waals surface area contributed by atoms with Crippen LogP contribution >= 0.6 is 0 Å². The Hall–Kier alpha value is -2.49. The number of fused-ring (bicyclic) bond motifs is 1. The largest absolute Gasteiger partial charge is 0.494 e. The van der Waals surface area contributed by atoms with Crippen LogP contribution in [0.5, 0.6) is 11.5 Å². The lowest BCUT2D eigenvalue weighted by Gasteiger charge is -2.13. The third-order valence-corrected chi connectivity index (χ3v) is 3.85. The Morgan fingerprint density at radius 3 is 2.83 bits per heavy atom. The normalized spacial score (nSPS) is 15.7. The van der Waals surface area contributed by atoms with Gasteiger partial charge in [0, 0.05) is 29.7 Å². The monoisotopic (exact) mass is 311 g/mol. The molecule has 1 aliphatic heterocycles. The van der Waals surface area contributed by atoms with Gasteiger partial charge >= 0.3 is 0 Å². The van der Waals surface area contributed by atoms with Gasteiger partial charge in [-0.05, 0) is 38.1 Å². The van der Waals surface area contributed by atoms with E-state index in [0.29, 0.717) is 18.7 Å². The Morgan fingerprint density at radius 2 is 2.09 bits per heavy atom. The van der Waals surface area contributed by atoms with Crippen LogP contribution in [0.25, 0.3) is 0 Å². The zero-order chi connectivity index (χ0) is 16.2. The smallest absolute Gasteiger partial charge is 0.251 e. The third-order valence-electron chi connectivity index (χ3n) is 3.85. The Labute approximate surface area is 136 Å². The first-order chi connectivity index (χ1) is 11.2. The number of hydrogen-bond donors (Lipinski definition) is 1. The molecule has 2 aromatic carbocycles. The molecule has 0 saturated carbocycles. The molecular weight excluding hydrogens is 290 g/mol. The van der Waals surface area contributed by atoms with Gasteiger partial charge in [-0.2, -0.15) is 0 Å². The molecule has 0 radical (unpaired) electrons. The number of benzene rings is 2. The SMILES string of the molecule is CCOc1cc2c(cc1CNC(=O)c1ccccc1)O[C@@H](C)C2. The molecule has 1 aliphatic rings. The lowest BCUT2D eigenvalue weighted by Crippen LogP contribution is -2.23. The molecule has 0 saturated heterocycles. The highest BCUT2D eigenvalue weighted by Gasteiger charge is 2.22. The Balaban J connectivity index is 1.76. The maximum absolute atomic E-state index is 12.2. The van der Waals surface area contributed by atoms with Crippen LogP contribution in [0.1, 0.15) is 35.3 Å². The van der Waals surface area contributed by atoms with Crippen LogP contribution in [-0.2, 0) is 13.0 Å². The summed E-state index contributed by atoms with van der Waals surface area (Å²) in [5.41, 5.74) is 2.75. The highest BCUT2D eigenvalue weighted by molar-refractivity contribution is 5.94. The molecule has 120 valence electrons. The lowest BCUT2D eigenvalue weighted by atomic mass is 10.1. The fraction of sp³-hybridized carbons (Fsp3) is 0.316. The second-order valence-electron chi connectivity index (χ2n) is 5.68. The molecule has 3 rings (SSSR count). The van der Waals surface area contributed by atoms with Crippen LogP contribution in [0, 0.1) is 0 Å². The molecule has 0 aromatic heterocycles. The highest BCUT2D eigenvalue weighted by atomic mass is 16.5. The molecule has 0 spiro atoms. The van der Waals surface area contributed by atoms with Gasteiger partial charge in [0.05, 0.1) is 6.61 Å². The van der Waals surface area contributed by atoms with Gasteiger partial charge in [0.15, 0.2) is 0 Å². The molecule has 1 N–H and O–H groups in total. The van der Waals surface area contributed by atoms with Crippen molar-refractivity contribution in [1.82, 2.24) is 5.32 Å². The summed E-state index contributed by atoms with van der Waals surface area (Å²) in [6.45, 7) is 5.01. The second-order valence-corrected chi connectivity index (χ2v) is 5.68. The molecule has 1 atom stereocenters. The van der Waals surface area contributed by atoms with E-state index in [-0.39, 0.29) is 12.0 Å². The van der Waals surface area contributed by atoms with Crippen LogP contribution in [0.4, 0.5) is 0 Å². The summed E-state index contributed by atoms with van der Waals surface area (Å²) in [5, 5.41) is 2.94. The van der Waals surface area contributed by atoms with Crippen LogP contribution < -0.4 is 14.8 Å². The van der Waals surface area contributed by atoms with Crippen molar-refractivity contribution in [2.45, 2.75) is 32.9 Å². The van der Waals surface area contributed by atoms with Gasteiger partial charge in [0.2, 0.25) is 0 Å². The van der Waals surface area contributed by atoms with Crippen molar-refractivity contribution in [2.24, 2.45) is 0 Å². The lowest BCUT2D eigenvalue weighted by molar-refractivity contribution is 0.0950. The van der Waals surface area contributed by atoms with E-state index in [2.05, 4.69) is 12.2 Å². The number of amides is 1. The minimum Gasteiger partial charge on any atom is -0.494 e. The predicted octanol–water partition coefficient (Wildman–Crippen LogP) is 3.34. The predicted molar refractivity (Wildman–Crippen MR) is 89.0 cm³/mol. The Bertz CT molecular complexity index is 697.